The lowest BCUT2D eigenvalue weighted by atomic mass is 9.87. The Morgan fingerprint density at radius 3 is 2.20 bits per heavy atom. The number of aryl methyl sites for hydroxylation is 1. The van der Waals surface area contributed by atoms with Gasteiger partial charge in [0.25, 0.3) is 0 Å². The summed E-state index contributed by atoms with van der Waals surface area (Å²) in [5, 5.41) is 0.766. The average Bonchev–Trinajstić information content (AvgIpc) is 3.01. The summed E-state index contributed by atoms with van der Waals surface area (Å²) in [6, 6.07) is 13.7. The third-order valence-electron chi connectivity index (χ3n) is 5.97. The zero-order valence-electron chi connectivity index (χ0n) is 18.2. The first kappa shape index (κ1) is 20.4. The molecule has 4 rings (SSSR count). The molecule has 0 fully saturated rings. The zero-order valence-corrected chi connectivity index (χ0v) is 18.2. The number of aromatic nitrogens is 1. The van der Waals surface area contributed by atoms with E-state index in [-0.39, 0.29) is 11.6 Å². The Labute approximate surface area is 177 Å². The maximum Gasteiger partial charge on any atom is 0.210 e. The fraction of sp³-hybridized carbons (Fsp3) is 0.360. The number of ketones is 2. The predicted molar refractivity (Wildman–Crippen MR) is 119 cm³/mol. The molecule has 1 heterocycles. The van der Waals surface area contributed by atoms with Crippen LogP contribution in [-0.2, 0) is 7.05 Å². The topological polar surface area (TPSA) is 51.5 Å². The Balaban J connectivity index is 1.68. The Morgan fingerprint density at radius 2 is 1.57 bits per heavy atom. The first-order chi connectivity index (χ1) is 14.3. The van der Waals surface area contributed by atoms with E-state index in [1.807, 2.05) is 29.8 Å². The van der Waals surface area contributed by atoms with Gasteiger partial charge in [-0.05, 0) is 45.9 Å². The lowest BCUT2D eigenvalue weighted by Crippen LogP contribution is -2.39. The van der Waals surface area contributed by atoms with Crippen molar-refractivity contribution in [1.29, 1.82) is 0 Å². The molecule has 0 N–H and O–H groups in total. The minimum Gasteiger partial charge on any atom is -0.492 e. The molecule has 0 bridgehead atoms. The highest BCUT2D eigenvalue weighted by atomic mass is 16.5. The number of ether oxygens (including phenoxy) is 1. The molecule has 5 heteroatoms. The van der Waals surface area contributed by atoms with Crippen molar-refractivity contribution in [2.75, 3.05) is 13.2 Å². The van der Waals surface area contributed by atoms with Crippen LogP contribution in [0.3, 0.4) is 0 Å². The van der Waals surface area contributed by atoms with Crippen molar-refractivity contribution < 1.29 is 14.3 Å². The highest BCUT2D eigenvalue weighted by molar-refractivity contribution is 6.32. The molecule has 1 aliphatic carbocycles. The number of hydrogen-bond acceptors (Lipinski definition) is 4. The minimum absolute atomic E-state index is 0.103. The van der Waals surface area contributed by atoms with Crippen LogP contribution < -0.4 is 4.74 Å². The maximum atomic E-state index is 13.2. The molecule has 0 saturated heterocycles. The molecule has 0 radical (unpaired) electrons. The van der Waals surface area contributed by atoms with Gasteiger partial charge in [-0.3, -0.25) is 14.5 Å². The number of rotatable bonds is 6. The van der Waals surface area contributed by atoms with Gasteiger partial charge in [0, 0.05) is 47.7 Å². The molecule has 3 aromatic rings. The van der Waals surface area contributed by atoms with Crippen LogP contribution in [0.1, 0.15) is 59.7 Å². The average molecular weight is 405 g/mol. The summed E-state index contributed by atoms with van der Waals surface area (Å²) in [6.07, 6.45) is 0. The summed E-state index contributed by atoms with van der Waals surface area (Å²) in [5.41, 5.74) is 2.73. The molecule has 0 saturated carbocycles. The normalized spacial score (nSPS) is 13.5. The summed E-state index contributed by atoms with van der Waals surface area (Å²) < 4.78 is 7.85. The van der Waals surface area contributed by atoms with E-state index >= 15 is 0 Å². The van der Waals surface area contributed by atoms with E-state index in [9.17, 15) is 9.59 Å². The zero-order chi connectivity index (χ0) is 21.6. The molecule has 0 spiro atoms. The van der Waals surface area contributed by atoms with Gasteiger partial charge in [-0.25, -0.2) is 0 Å². The molecule has 0 amide bonds. The molecule has 0 aliphatic heterocycles. The van der Waals surface area contributed by atoms with Crippen molar-refractivity contribution in [2.24, 2.45) is 7.05 Å². The molecule has 156 valence electrons. The van der Waals surface area contributed by atoms with Gasteiger partial charge < -0.3 is 9.30 Å². The second-order valence-corrected chi connectivity index (χ2v) is 8.44. The molecule has 30 heavy (non-hydrogen) atoms. The molecule has 5 nitrogen and oxygen atoms in total. The van der Waals surface area contributed by atoms with Gasteiger partial charge in [0.05, 0.1) is 5.56 Å². The lowest BCUT2D eigenvalue weighted by Gasteiger charge is -2.30. The van der Waals surface area contributed by atoms with E-state index in [1.54, 1.807) is 24.3 Å². The number of carbonyl (C=O) groups is 2. The monoisotopic (exact) mass is 404 g/mol. The van der Waals surface area contributed by atoms with E-state index < -0.39 is 0 Å². The fourth-order valence-electron chi connectivity index (χ4n) is 4.53. The standard InChI is InChI=1S/C25H28N2O3/c1-15(2)27(16(3)4)12-13-30-17-10-11-21-20(14-17)22-23(26(21)5)25(29)19-9-7-6-8-18(19)24(22)28/h6-11,14-16H,12-13H2,1-5H3. The van der Waals surface area contributed by atoms with Crippen molar-refractivity contribution >= 4 is 22.5 Å². The van der Waals surface area contributed by atoms with Gasteiger partial charge in [-0.2, -0.15) is 0 Å². The summed E-state index contributed by atoms with van der Waals surface area (Å²) in [4.78, 5) is 28.7. The largest absolute Gasteiger partial charge is 0.492 e. The van der Waals surface area contributed by atoms with Crippen LogP contribution in [-0.4, -0.2) is 46.3 Å². The van der Waals surface area contributed by atoms with Crippen LogP contribution >= 0.6 is 0 Å². The molecule has 0 atom stereocenters. The van der Waals surface area contributed by atoms with Gasteiger partial charge in [0.2, 0.25) is 5.78 Å². The van der Waals surface area contributed by atoms with E-state index in [2.05, 4.69) is 32.6 Å². The molecule has 1 aromatic heterocycles. The maximum absolute atomic E-state index is 13.2. The lowest BCUT2D eigenvalue weighted by molar-refractivity contribution is 0.0975. The first-order valence-electron chi connectivity index (χ1n) is 10.5. The van der Waals surface area contributed by atoms with Crippen LogP contribution in [0.4, 0.5) is 0 Å². The minimum atomic E-state index is -0.106. The molecular formula is C25H28N2O3. The van der Waals surface area contributed by atoms with Crippen LogP contribution in [0.25, 0.3) is 10.9 Å². The SMILES string of the molecule is CC(C)N(CCOc1ccc2c(c1)c1c(n2C)C(=O)c2ccccc2C1=O)C(C)C. The number of hydrogen-bond donors (Lipinski definition) is 0. The van der Waals surface area contributed by atoms with Crippen molar-refractivity contribution in [3.63, 3.8) is 0 Å². The number of nitrogens with zero attached hydrogens (tertiary/aromatic N) is 2. The third kappa shape index (κ3) is 3.23. The van der Waals surface area contributed by atoms with Crippen LogP contribution in [0, 0.1) is 0 Å². The first-order valence-corrected chi connectivity index (χ1v) is 10.5. The van der Waals surface area contributed by atoms with E-state index in [0.717, 1.165) is 17.4 Å². The number of benzene rings is 2. The summed E-state index contributed by atoms with van der Waals surface area (Å²) in [7, 11) is 1.84. The highest BCUT2D eigenvalue weighted by Crippen LogP contribution is 2.36. The summed E-state index contributed by atoms with van der Waals surface area (Å²) in [5.74, 6) is 0.502. The Bertz CT molecular complexity index is 1130. The van der Waals surface area contributed by atoms with Gasteiger partial charge >= 0.3 is 0 Å². The second-order valence-electron chi connectivity index (χ2n) is 8.44. The molecule has 0 unspecified atom stereocenters. The van der Waals surface area contributed by atoms with Gasteiger partial charge in [0.1, 0.15) is 18.1 Å². The highest BCUT2D eigenvalue weighted by Gasteiger charge is 2.34. The van der Waals surface area contributed by atoms with E-state index in [4.69, 9.17) is 4.74 Å². The Kier molecular flexibility index (Phi) is 5.24. The second kappa shape index (κ2) is 7.73. The quantitative estimate of drug-likeness (QED) is 0.476. The van der Waals surface area contributed by atoms with Crippen molar-refractivity contribution in [1.82, 2.24) is 9.47 Å². The summed E-state index contributed by atoms with van der Waals surface area (Å²) in [6.45, 7) is 10.1. The summed E-state index contributed by atoms with van der Waals surface area (Å²) >= 11 is 0. The third-order valence-corrected chi connectivity index (χ3v) is 5.97. The van der Waals surface area contributed by atoms with E-state index in [0.29, 0.717) is 46.8 Å². The number of carbonyl (C=O) groups excluding carboxylic acids is 2. The van der Waals surface area contributed by atoms with Gasteiger partial charge in [-0.15, -0.1) is 0 Å². The van der Waals surface area contributed by atoms with Crippen molar-refractivity contribution in [2.45, 2.75) is 39.8 Å². The Hall–Kier alpha value is -2.92. The Morgan fingerprint density at radius 1 is 0.933 bits per heavy atom. The predicted octanol–water partition coefficient (Wildman–Crippen LogP) is 4.45. The molecular weight excluding hydrogens is 376 g/mol. The fourth-order valence-corrected chi connectivity index (χ4v) is 4.53. The van der Waals surface area contributed by atoms with Crippen molar-refractivity contribution in [3.8, 4) is 5.75 Å². The van der Waals surface area contributed by atoms with Crippen LogP contribution in [0.5, 0.6) is 5.75 Å². The number of fused-ring (bicyclic) bond motifs is 4. The van der Waals surface area contributed by atoms with Crippen molar-refractivity contribution in [3.05, 3.63) is 64.8 Å². The van der Waals surface area contributed by atoms with Crippen LogP contribution in [0.2, 0.25) is 0 Å². The van der Waals surface area contributed by atoms with Gasteiger partial charge in [-0.1, -0.05) is 24.3 Å². The van der Waals surface area contributed by atoms with Crippen LogP contribution in [0.15, 0.2) is 42.5 Å². The van der Waals surface area contributed by atoms with Gasteiger partial charge in [0.15, 0.2) is 5.78 Å². The molecule has 2 aromatic carbocycles. The smallest absolute Gasteiger partial charge is 0.210 e. The van der Waals surface area contributed by atoms with E-state index in [1.165, 1.54) is 0 Å². The molecule has 1 aliphatic rings.